The van der Waals surface area contributed by atoms with Gasteiger partial charge in [0.15, 0.2) is 0 Å². The zero-order valence-corrected chi connectivity index (χ0v) is 17.5. The molecule has 2 heterocycles. The van der Waals surface area contributed by atoms with Gasteiger partial charge in [0.1, 0.15) is 11.0 Å². The molecule has 144 valence electrons. The number of fused-ring (bicyclic) bond motifs is 1. The lowest BCUT2D eigenvalue weighted by Gasteiger charge is -2.18. The van der Waals surface area contributed by atoms with Crippen LogP contribution < -0.4 is 5.73 Å². The van der Waals surface area contributed by atoms with Gasteiger partial charge in [-0.05, 0) is 61.2 Å². The summed E-state index contributed by atoms with van der Waals surface area (Å²) in [6, 6.07) is 13.3. The molecule has 0 saturated carbocycles. The molecule has 0 radical (unpaired) electrons. The van der Waals surface area contributed by atoms with Gasteiger partial charge in [0.25, 0.3) is 0 Å². The predicted octanol–water partition coefficient (Wildman–Crippen LogP) is 4.81. The molecule has 0 saturated heterocycles. The second-order valence-electron chi connectivity index (χ2n) is 7.30. The number of aromatic nitrogens is 3. The van der Waals surface area contributed by atoms with Crippen LogP contribution in [0.2, 0.25) is 0 Å². The van der Waals surface area contributed by atoms with Crippen molar-refractivity contribution in [1.82, 2.24) is 14.5 Å². The highest BCUT2D eigenvalue weighted by atomic mass is 32.1. The maximum absolute atomic E-state index is 5.72. The maximum Gasteiger partial charge on any atom is 0.121 e. The van der Waals surface area contributed by atoms with Gasteiger partial charge < -0.3 is 10.3 Å². The Labute approximate surface area is 170 Å². The summed E-state index contributed by atoms with van der Waals surface area (Å²) in [6.45, 7) is 7.10. The standard InChI is InChI=1S/C23H26N4S/c1-4-17-6-8-20-21(12-17)28-23(26-20)22(18-7-5-15(2)16(3)11-18)27-13-19(9-10-24)25-14-27/h5-8,11-14,22H,4,9-10,24H2,1-3H3. The minimum Gasteiger partial charge on any atom is -0.330 e. The number of hydrogen-bond acceptors (Lipinski definition) is 4. The third-order valence-corrected chi connectivity index (χ3v) is 6.38. The molecule has 0 aliphatic carbocycles. The van der Waals surface area contributed by atoms with Gasteiger partial charge >= 0.3 is 0 Å². The number of thiazole rings is 1. The van der Waals surface area contributed by atoms with Crippen molar-refractivity contribution in [3.05, 3.63) is 81.9 Å². The van der Waals surface area contributed by atoms with Gasteiger partial charge in [-0.1, -0.05) is 31.2 Å². The van der Waals surface area contributed by atoms with E-state index in [4.69, 9.17) is 10.7 Å². The zero-order chi connectivity index (χ0) is 19.7. The summed E-state index contributed by atoms with van der Waals surface area (Å²) in [6.07, 6.45) is 5.84. The smallest absolute Gasteiger partial charge is 0.121 e. The van der Waals surface area contributed by atoms with E-state index in [0.29, 0.717) is 6.54 Å². The van der Waals surface area contributed by atoms with Crippen molar-refractivity contribution in [3.63, 3.8) is 0 Å². The van der Waals surface area contributed by atoms with E-state index in [-0.39, 0.29) is 6.04 Å². The largest absolute Gasteiger partial charge is 0.330 e. The van der Waals surface area contributed by atoms with Gasteiger partial charge in [0.05, 0.1) is 22.2 Å². The third-order valence-electron chi connectivity index (χ3n) is 5.31. The summed E-state index contributed by atoms with van der Waals surface area (Å²) < 4.78 is 3.42. The number of aryl methyl sites for hydroxylation is 3. The number of nitrogens with two attached hydrogens (primary N) is 1. The number of nitrogens with zero attached hydrogens (tertiary/aromatic N) is 3. The fourth-order valence-electron chi connectivity index (χ4n) is 3.50. The maximum atomic E-state index is 5.72. The van der Waals surface area contributed by atoms with E-state index in [1.807, 2.05) is 6.33 Å². The van der Waals surface area contributed by atoms with E-state index >= 15 is 0 Å². The molecular formula is C23H26N4S. The minimum absolute atomic E-state index is 0.0146. The van der Waals surface area contributed by atoms with Gasteiger partial charge in [-0.2, -0.15) is 0 Å². The second kappa shape index (κ2) is 7.86. The molecule has 28 heavy (non-hydrogen) atoms. The lowest BCUT2D eigenvalue weighted by molar-refractivity contribution is 0.671. The van der Waals surface area contributed by atoms with Crippen LogP contribution in [-0.4, -0.2) is 21.1 Å². The minimum atomic E-state index is 0.0146. The number of imidazole rings is 1. The highest BCUT2D eigenvalue weighted by molar-refractivity contribution is 7.18. The molecule has 0 bridgehead atoms. The number of benzene rings is 2. The molecule has 5 heteroatoms. The molecule has 2 aromatic heterocycles. The average molecular weight is 391 g/mol. The normalized spacial score (nSPS) is 12.6. The number of hydrogen-bond donors (Lipinski definition) is 1. The monoisotopic (exact) mass is 390 g/mol. The summed E-state index contributed by atoms with van der Waals surface area (Å²) in [5, 5.41) is 1.09. The van der Waals surface area contributed by atoms with Crippen LogP contribution in [0.15, 0.2) is 48.9 Å². The fraction of sp³-hybridized carbons (Fsp3) is 0.304. The van der Waals surface area contributed by atoms with Crippen LogP contribution >= 0.6 is 11.3 Å². The molecule has 0 amide bonds. The highest BCUT2D eigenvalue weighted by Crippen LogP contribution is 2.34. The Balaban J connectivity index is 1.85. The van der Waals surface area contributed by atoms with Crippen molar-refractivity contribution < 1.29 is 0 Å². The van der Waals surface area contributed by atoms with E-state index in [9.17, 15) is 0 Å². The molecule has 0 aliphatic heterocycles. The van der Waals surface area contributed by atoms with Crippen LogP contribution in [0.1, 0.15) is 45.9 Å². The summed E-state index contributed by atoms with van der Waals surface area (Å²) in [5.41, 5.74) is 13.0. The Kier molecular flexibility index (Phi) is 5.29. The van der Waals surface area contributed by atoms with Crippen LogP contribution in [-0.2, 0) is 12.8 Å². The van der Waals surface area contributed by atoms with E-state index in [1.165, 1.54) is 27.0 Å². The van der Waals surface area contributed by atoms with Gasteiger partial charge in [0, 0.05) is 12.6 Å². The van der Waals surface area contributed by atoms with Gasteiger partial charge in [-0.3, -0.25) is 0 Å². The Hall–Kier alpha value is -2.50. The molecule has 0 aliphatic rings. The van der Waals surface area contributed by atoms with Crippen LogP contribution in [0.3, 0.4) is 0 Å². The quantitative estimate of drug-likeness (QED) is 0.514. The van der Waals surface area contributed by atoms with Crippen molar-refractivity contribution in [3.8, 4) is 0 Å². The molecule has 1 atom stereocenters. The van der Waals surface area contributed by atoms with E-state index in [2.05, 4.69) is 72.9 Å². The fourth-order valence-corrected chi connectivity index (χ4v) is 4.67. The lowest BCUT2D eigenvalue weighted by Crippen LogP contribution is -2.11. The summed E-state index contributed by atoms with van der Waals surface area (Å²) in [5.74, 6) is 0. The van der Waals surface area contributed by atoms with E-state index in [1.54, 1.807) is 11.3 Å². The summed E-state index contributed by atoms with van der Waals surface area (Å²) in [7, 11) is 0. The zero-order valence-electron chi connectivity index (χ0n) is 16.6. The van der Waals surface area contributed by atoms with Gasteiger partial charge in [-0.25, -0.2) is 9.97 Å². The molecule has 0 fully saturated rings. The summed E-state index contributed by atoms with van der Waals surface area (Å²) >= 11 is 1.77. The molecule has 4 nitrogen and oxygen atoms in total. The topological polar surface area (TPSA) is 56.7 Å². The predicted molar refractivity (Wildman–Crippen MR) is 117 cm³/mol. The first-order valence-electron chi connectivity index (χ1n) is 9.78. The third kappa shape index (κ3) is 3.60. The van der Waals surface area contributed by atoms with Crippen LogP contribution in [0, 0.1) is 13.8 Å². The number of rotatable bonds is 6. The van der Waals surface area contributed by atoms with Crippen molar-refractivity contribution in [1.29, 1.82) is 0 Å². The van der Waals surface area contributed by atoms with Crippen molar-refractivity contribution in [2.45, 2.75) is 39.7 Å². The Morgan fingerprint density at radius 1 is 1.11 bits per heavy atom. The summed E-state index contributed by atoms with van der Waals surface area (Å²) in [4.78, 5) is 9.55. The van der Waals surface area contributed by atoms with Crippen molar-refractivity contribution in [2.24, 2.45) is 5.73 Å². The Morgan fingerprint density at radius 3 is 2.71 bits per heavy atom. The molecule has 2 aromatic carbocycles. The first-order chi connectivity index (χ1) is 13.6. The van der Waals surface area contributed by atoms with E-state index in [0.717, 1.165) is 29.1 Å². The van der Waals surface area contributed by atoms with Crippen LogP contribution in [0.5, 0.6) is 0 Å². The molecule has 2 N–H and O–H groups in total. The molecule has 1 unspecified atom stereocenters. The van der Waals surface area contributed by atoms with Crippen molar-refractivity contribution >= 4 is 21.6 Å². The lowest BCUT2D eigenvalue weighted by atomic mass is 10.0. The molecular weight excluding hydrogens is 364 g/mol. The van der Waals surface area contributed by atoms with Crippen LogP contribution in [0.4, 0.5) is 0 Å². The van der Waals surface area contributed by atoms with Crippen molar-refractivity contribution in [2.75, 3.05) is 6.54 Å². The molecule has 4 aromatic rings. The molecule has 4 rings (SSSR count). The molecule has 0 spiro atoms. The Morgan fingerprint density at radius 2 is 1.96 bits per heavy atom. The average Bonchev–Trinajstić information content (AvgIpc) is 3.31. The first kappa shape index (κ1) is 18.8. The Bertz CT molecular complexity index is 1110. The van der Waals surface area contributed by atoms with E-state index < -0.39 is 0 Å². The highest BCUT2D eigenvalue weighted by Gasteiger charge is 2.21. The van der Waals surface area contributed by atoms with Crippen LogP contribution in [0.25, 0.3) is 10.2 Å². The first-order valence-corrected chi connectivity index (χ1v) is 10.6. The van der Waals surface area contributed by atoms with Gasteiger partial charge in [0.2, 0.25) is 0 Å². The SMILES string of the molecule is CCc1ccc2nc(C(c3ccc(C)c(C)c3)n3cnc(CCN)c3)sc2c1. The van der Waals surface area contributed by atoms with Gasteiger partial charge in [-0.15, -0.1) is 11.3 Å². The second-order valence-corrected chi connectivity index (χ2v) is 8.37.